The molecule has 0 unspecified atom stereocenters. The number of nitrogens with two attached hydrogens (primary N) is 1. The van der Waals surface area contributed by atoms with Crippen LogP contribution in [-0.4, -0.2) is 31.3 Å². The van der Waals surface area contributed by atoms with Gasteiger partial charge in [0.05, 0.1) is 17.9 Å². The number of ether oxygens (including phenoxy) is 1. The van der Waals surface area contributed by atoms with Gasteiger partial charge in [0, 0.05) is 17.6 Å². The number of hydrogen-bond donors (Lipinski definition) is 2. The van der Waals surface area contributed by atoms with Crippen LogP contribution in [0.1, 0.15) is 17.3 Å². The third-order valence-corrected chi connectivity index (χ3v) is 3.25. The molecule has 1 aromatic rings. The molecule has 98 valence electrons. The first-order valence-electron chi connectivity index (χ1n) is 5.48. The van der Waals surface area contributed by atoms with Gasteiger partial charge in [0.1, 0.15) is 0 Å². The van der Waals surface area contributed by atoms with Crippen molar-refractivity contribution in [3.8, 4) is 0 Å². The third-order valence-electron chi connectivity index (χ3n) is 2.16. The number of thioether (sulfide) groups is 1. The molecule has 0 saturated heterocycles. The molecule has 0 heterocycles. The van der Waals surface area contributed by atoms with Crippen molar-refractivity contribution in [2.45, 2.75) is 11.8 Å². The molecule has 0 aliphatic rings. The number of esters is 1. The molecule has 0 saturated carbocycles. The Labute approximate surface area is 110 Å². The van der Waals surface area contributed by atoms with E-state index >= 15 is 0 Å². The lowest BCUT2D eigenvalue weighted by molar-refractivity contribution is -0.118. The van der Waals surface area contributed by atoms with Gasteiger partial charge in [0.2, 0.25) is 5.91 Å². The highest BCUT2D eigenvalue weighted by Gasteiger charge is 2.10. The molecule has 5 nitrogen and oxygen atoms in total. The van der Waals surface area contributed by atoms with Crippen molar-refractivity contribution in [3.05, 3.63) is 23.8 Å². The maximum atomic E-state index is 11.5. The first kappa shape index (κ1) is 14.4. The standard InChI is InChI=1S/C12H16N2O3S/c1-3-17-12(16)8-4-5-10(9(13)6-8)18-7-11(15)14-2/h4-6H,3,7,13H2,1-2H3,(H,14,15). The van der Waals surface area contributed by atoms with Crippen LogP contribution in [0.15, 0.2) is 23.1 Å². The minimum Gasteiger partial charge on any atom is -0.462 e. The van der Waals surface area contributed by atoms with E-state index in [4.69, 9.17) is 10.5 Å². The quantitative estimate of drug-likeness (QED) is 0.477. The van der Waals surface area contributed by atoms with E-state index in [2.05, 4.69) is 5.32 Å². The molecule has 6 heteroatoms. The van der Waals surface area contributed by atoms with Gasteiger partial charge in [-0.1, -0.05) is 0 Å². The summed E-state index contributed by atoms with van der Waals surface area (Å²) >= 11 is 1.32. The van der Waals surface area contributed by atoms with Crippen molar-refractivity contribution < 1.29 is 14.3 Å². The van der Waals surface area contributed by atoms with Gasteiger partial charge in [0.25, 0.3) is 0 Å². The Hall–Kier alpha value is -1.69. The molecular weight excluding hydrogens is 252 g/mol. The predicted octanol–water partition coefficient (Wildman–Crippen LogP) is 1.28. The molecule has 0 aliphatic heterocycles. The molecule has 0 aliphatic carbocycles. The lowest BCUT2D eigenvalue weighted by Crippen LogP contribution is -2.19. The second kappa shape index (κ2) is 6.90. The smallest absolute Gasteiger partial charge is 0.338 e. The number of amides is 1. The maximum Gasteiger partial charge on any atom is 0.338 e. The second-order valence-corrected chi connectivity index (χ2v) is 4.45. The molecule has 18 heavy (non-hydrogen) atoms. The van der Waals surface area contributed by atoms with Crippen molar-refractivity contribution in [2.24, 2.45) is 0 Å². The first-order valence-corrected chi connectivity index (χ1v) is 6.47. The zero-order chi connectivity index (χ0) is 13.5. The minimum absolute atomic E-state index is 0.0751. The topological polar surface area (TPSA) is 81.4 Å². The molecule has 1 amide bonds. The van der Waals surface area contributed by atoms with Crippen molar-refractivity contribution >= 4 is 29.3 Å². The van der Waals surface area contributed by atoms with Crippen LogP contribution in [0.3, 0.4) is 0 Å². The number of carbonyl (C=O) groups is 2. The van der Waals surface area contributed by atoms with Gasteiger partial charge in [0.15, 0.2) is 0 Å². The fourth-order valence-electron chi connectivity index (χ4n) is 1.24. The highest BCUT2D eigenvalue weighted by molar-refractivity contribution is 8.00. The van der Waals surface area contributed by atoms with Crippen molar-refractivity contribution in [1.29, 1.82) is 0 Å². The van der Waals surface area contributed by atoms with Gasteiger partial charge in [-0.25, -0.2) is 4.79 Å². The van der Waals surface area contributed by atoms with Crippen LogP contribution in [0.25, 0.3) is 0 Å². The average Bonchev–Trinajstić information content (AvgIpc) is 2.37. The molecule has 0 spiro atoms. The molecule has 0 bridgehead atoms. The van der Waals surface area contributed by atoms with Crippen molar-refractivity contribution in [2.75, 3.05) is 25.1 Å². The van der Waals surface area contributed by atoms with Gasteiger partial charge in [-0.05, 0) is 25.1 Å². The molecular formula is C12H16N2O3S. The van der Waals surface area contributed by atoms with Crippen LogP contribution < -0.4 is 11.1 Å². The monoisotopic (exact) mass is 268 g/mol. The average molecular weight is 268 g/mol. The minimum atomic E-state index is -0.396. The van der Waals surface area contributed by atoms with Crippen LogP contribution in [0, 0.1) is 0 Å². The van der Waals surface area contributed by atoms with E-state index in [1.807, 2.05) is 0 Å². The largest absolute Gasteiger partial charge is 0.462 e. The van der Waals surface area contributed by atoms with Crippen molar-refractivity contribution in [1.82, 2.24) is 5.32 Å². The van der Waals surface area contributed by atoms with E-state index < -0.39 is 5.97 Å². The Bertz CT molecular complexity index is 449. The number of hydrogen-bond acceptors (Lipinski definition) is 5. The highest BCUT2D eigenvalue weighted by atomic mass is 32.2. The summed E-state index contributed by atoms with van der Waals surface area (Å²) in [6, 6.07) is 4.92. The van der Waals surface area contributed by atoms with Gasteiger partial charge in [-0.3, -0.25) is 4.79 Å². The van der Waals surface area contributed by atoms with E-state index in [0.29, 0.717) is 23.6 Å². The number of nitrogen functional groups attached to an aromatic ring is 1. The molecule has 0 atom stereocenters. The predicted molar refractivity (Wildman–Crippen MR) is 71.6 cm³/mol. The van der Waals surface area contributed by atoms with Gasteiger partial charge in [-0.2, -0.15) is 0 Å². The van der Waals surface area contributed by atoms with Crippen molar-refractivity contribution in [3.63, 3.8) is 0 Å². The Morgan fingerprint density at radius 3 is 2.72 bits per heavy atom. The van der Waals surface area contributed by atoms with E-state index in [9.17, 15) is 9.59 Å². The molecule has 0 aromatic heterocycles. The Morgan fingerprint density at radius 2 is 2.17 bits per heavy atom. The zero-order valence-electron chi connectivity index (χ0n) is 10.4. The van der Waals surface area contributed by atoms with E-state index in [1.54, 1.807) is 32.2 Å². The number of benzene rings is 1. The van der Waals surface area contributed by atoms with Crippen LogP contribution in [0.4, 0.5) is 5.69 Å². The second-order valence-electron chi connectivity index (χ2n) is 3.43. The molecule has 3 N–H and O–H groups in total. The van der Waals surface area contributed by atoms with Crippen LogP contribution in [-0.2, 0) is 9.53 Å². The number of nitrogens with one attached hydrogen (secondary N) is 1. The van der Waals surface area contributed by atoms with Crippen LogP contribution in [0.2, 0.25) is 0 Å². The summed E-state index contributed by atoms with van der Waals surface area (Å²) in [6.45, 7) is 2.07. The van der Waals surface area contributed by atoms with E-state index in [0.717, 1.165) is 4.90 Å². The Kier molecular flexibility index (Phi) is 5.51. The van der Waals surface area contributed by atoms with Gasteiger partial charge >= 0.3 is 5.97 Å². The molecule has 1 rings (SSSR count). The normalized spacial score (nSPS) is 9.89. The van der Waals surface area contributed by atoms with Gasteiger partial charge < -0.3 is 15.8 Å². The molecule has 0 fully saturated rings. The number of rotatable bonds is 5. The fraction of sp³-hybridized carbons (Fsp3) is 0.333. The fourth-order valence-corrected chi connectivity index (χ4v) is 2.06. The lowest BCUT2D eigenvalue weighted by atomic mass is 10.2. The summed E-state index contributed by atoms with van der Waals surface area (Å²) in [5.74, 6) is -0.180. The Morgan fingerprint density at radius 1 is 1.44 bits per heavy atom. The summed E-state index contributed by atoms with van der Waals surface area (Å²) < 4.78 is 4.87. The number of carbonyl (C=O) groups excluding carboxylic acids is 2. The van der Waals surface area contributed by atoms with Crippen LogP contribution in [0.5, 0.6) is 0 Å². The van der Waals surface area contributed by atoms with E-state index in [-0.39, 0.29) is 5.91 Å². The maximum absolute atomic E-state index is 11.5. The molecule has 0 radical (unpaired) electrons. The van der Waals surface area contributed by atoms with E-state index in [1.165, 1.54) is 11.8 Å². The number of anilines is 1. The SMILES string of the molecule is CCOC(=O)c1ccc(SCC(=O)NC)c(N)c1. The summed E-state index contributed by atoms with van der Waals surface area (Å²) in [5, 5.41) is 2.53. The van der Waals surface area contributed by atoms with Gasteiger partial charge in [-0.15, -0.1) is 11.8 Å². The summed E-state index contributed by atoms with van der Waals surface area (Å²) in [5.41, 5.74) is 6.71. The third kappa shape index (κ3) is 3.96. The highest BCUT2D eigenvalue weighted by Crippen LogP contribution is 2.26. The Balaban J connectivity index is 2.73. The summed E-state index contributed by atoms with van der Waals surface area (Å²) in [4.78, 5) is 23.4. The first-order chi connectivity index (χ1) is 8.58. The summed E-state index contributed by atoms with van der Waals surface area (Å²) in [6.07, 6.45) is 0. The van der Waals surface area contributed by atoms with Crippen LogP contribution >= 0.6 is 11.8 Å². The summed E-state index contributed by atoms with van der Waals surface area (Å²) in [7, 11) is 1.58. The lowest BCUT2D eigenvalue weighted by Gasteiger charge is -2.07. The molecule has 1 aromatic carbocycles. The zero-order valence-corrected chi connectivity index (χ0v) is 11.2.